The number of benzene rings is 1. The van der Waals surface area contributed by atoms with Crippen LogP contribution in [0.1, 0.15) is 10.4 Å². The van der Waals surface area contributed by atoms with E-state index in [0.29, 0.717) is 0 Å². The lowest BCUT2D eigenvalue weighted by Gasteiger charge is -2.09. The van der Waals surface area contributed by atoms with Crippen molar-refractivity contribution in [2.24, 2.45) is 0 Å². The predicted molar refractivity (Wildman–Crippen MR) is 54.9 cm³/mol. The number of carboxylic acid groups (broad SMARTS) is 1. The fraction of sp³-hybridized carbons (Fsp3) is 0.222. The maximum absolute atomic E-state index is 11.9. The van der Waals surface area contributed by atoms with Crippen LogP contribution < -0.4 is 4.74 Å². The van der Waals surface area contributed by atoms with Crippen LogP contribution in [0.4, 0.5) is 4.39 Å². The highest BCUT2D eigenvalue weighted by Gasteiger charge is 2.16. The molecule has 0 heterocycles. The number of carbonyl (C=O) groups is 1. The summed E-state index contributed by atoms with van der Waals surface area (Å²) >= 11 is 11.3. The number of rotatable bonds is 4. The second kappa shape index (κ2) is 5.19. The average Bonchev–Trinajstić information content (AvgIpc) is 2.15. The van der Waals surface area contributed by atoms with E-state index in [-0.39, 0.29) is 28.0 Å². The van der Waals surface area contributed by atoms with Gasteiger partial charge in [-0.05, 0) is 12.1 Å². The number of hydrogen-bond acceptors (Lipinski definition) is 2. The molecule has 0 aromatic heterocycles. The van der Waals surface area contributed by atoms with Gasteiger partial charge in [0.2, 0.25) is 0 Å². The van der Waals surface area contributed by atoms with Crippen molar-refractivity contribution in [3.63, 3.8) is 0 Å². The lowest BCUT2D eigenvalue weighted by Crippen LogP contribution is -2.06. The molecule has 1 rings (SSSR count). The molecule has 0 unspecified atom stereocenters. The minimum Gasteiger partial charge on any atom is -0.488 e. The van der Waals surface area contributed by atoms with Crippen LogP contribution in [-0.2, 0) is 0 Å². The molecule has 82 valence electrons. The number of hydrogen-bond donors (Lipinski definition) is 1. The molecule has 0 saturated carbocycles. The Morgan fingerprint density at radius 2 is 2.13 bits per heavy atom. The smallest absolute Gasteiger partial charge is 0.339 e. The molecule has 15 heavy (non-hydrogen) atoms. The zero-order chi connectivity index (χ0) is 11.4. The molecule has 3 nitrogen and oxygen atoms in total. The van der Waals surface area contributed by atoms with Gasteiger partial charge in [-0.2, -0.15) is 0 Å². The lowest BCUT2D eigenvalue weighted by atomic mass is 10.2. The summed E-state index contributed by atoms with van der Waals surface area (Å²) in [5, 5.41) is 9.06. The van der Waals surface area contributed by atoms with E-state index in [1.165, 1.54) is 12.1 Å². The van der Waals surface area contributed by atoms with E-state index in [4.69, 9.17) is 33.0 Å². The SMILES string of the molecule is O=C(O)c1cc(Cl)cc(Cl)c1OCCF. The molecule has 1 aromatic carbocycles. The molecule has 0 aliphatic carbocycles. The van der Waals surface area contributed by atoms with E-state index in [0.717, 1.165) is 0 Å². The third-order valence-corrected chi connectivity index (χ3v) is 2.06. The largest absolute Gasteiger partial charge is 0.488 e. The van der Waals surface area contributed by atoms with Crippen molar-refractivity contribution in [3.05, 3.63) is 27.7 Å². The van der Waals surface area contributed by atoms with E-state index < -0.39 is 12.6 Å². The first-order valence-electron chi connectivity index (χ1n) is 3.97. The Balaban J connectivity index is 3.15. The molecule has 0 saturated heterocycles. The van der Waals surface area contributed by atoms with Gasteiger partial charge in [0, 0.05) is 5.02 Å². The molecule has 0 atom stereocenters. The molecule has 0 radical (unpaired) electrons. The van der Waals surface area contributed by atoms with E-state index in [1.54, 1.807) is 0 Å². The summed E-state index contributed by atoms with van der Waals surface area (Å²) < 4.78 is 16.8. The Morgan fingerprint density at radius 1 is 1.47 bits per heavy atom. The molecular formula is C9H7Cl2FO3. The van der Waals surface area contributed by atoms with Gasteiger partial charge in [-0.1, -0.05) is 23.2 Å². The molecule has 1 N–H and O–H groups in total. The summed E-state index contributed by atoms with van der Waals surface area (Å²) in [6.45, 7) is -0.973. The molecular weight excluding hydrogens is 246 g/mol. The maximum atomic E-state index is 11.9. The highest BCUT2D eigenvalue weighted by atomic mass is 35.5. The van der Waals surface area contributed by atoms with Crippen molar-refractivity contribution < 1.29 is 19.0 Å². The van der Waals surface area contributed by atoms with Crippen molar-refractivity contribution in [3.8, 4) is 5.75 Å². The molecule has 0 aliphatic rings. The molecule has 0 fully saturated rings. The van der Waals surface area contributed by atoms with Gasteiger partial charge in [0.05, 0.1) is 5.02 Å². The summed E-state index contributed by atoms with van der Waals surface area (Å²) in [5.74, 6) is -1.29. The predicted octanol–water partition coefficient (Wildman–Crippen LogP) is 3.04. The van der Waals surface area contributed by atoms with Crippen LogP contribution in [-0.4, -0.2) is 24.4 Å². The van der Waals surface area contributed by atoms with Crippen molar-refractivity contribution in [2.75, 3.05) is 13.3 Å². The zero-order valence-electron chi connectivity index (χ0n) is 7.47. The second-order valence-corrected chi connectivity index (χ2v) is 3.45. The first-order valence-corrected chi connectivity index (χ1v) is 4.73. The summed E-state index contributed by atoms with van der Waals surface area (Å²) in [6, 6.07) is 2.53. The second-order valence-electron chi connectivity index (χ2n) is 2.61. The van der Waals surface area contributed by atoms with E-state index in [9.17, 15) is 9.18 Å². The Bertz CT molecular complexity index is 382. The average molecular weight is 253 g/mol. The third-order valence-electron chi connectivity index (χ3n) is 1.56. The first-order chi connectivity index (χ1) is 7.06. The van der Waals surface area contributed by atoms with Crippen LogP contribution in [0.3, 0.4) is 0 Å². The van der Waals surface area contributed by atoms with Crippen LogP contribution in [0.2, 0.25) is 10.0 Å². The minimum atomic E-state index is -1.23. The summed E-state index contributed by atoms with van der Waals surface area (Å²) in [6.07, 6.45) is 0. The number of aromatic carboxylic acids is 1. The van der Waals surface area contributed by atoms with Gasteiger partial charge in [0.15, 0.2) is 5.75 Å². The quantitative estimate of drug-likeness (QED) is 0.896. The third kappa shape index (κ3) is 2.97. The monoisotopic (exact) mass is 252 g/mol. The van der Waals surface area contributed by atoms with Crippen molar-refractivity contribution >= 4 is 29.2 Å². The molecule has 6 heteroatoms. The molecule has 1 aromatic rings. The van der Waals surface area contributed by atoms with Crippen LogP contribution in [0.25, 0.3) is 0 Å². The number of halogens is 3. The zero-order valence-corrected chi connectivity index (χ0v) is 8.98. The van der Waals surface area contributed by atoms with Crippen LogP contribution in [0, 0.1) is 0 Å². The Morgan fingerprint density at radius 3 is 2.67 bits per heavy atom. The molecule has 0 spiro atoms. The molecule has 0 bridgehead atoms. The van der Waals surface area contributed by atoms with Gasteiger partial charge in [-0.3, -0.25) is 0 Å². The molecule has 0 aliphatic heterocycles. The Kier molecular flexibility index (Phi) is 4.17. The van der Waals surface area contributed by atoms with Gasteiger partial charge in [-0.15, -0.1) is 0 Å². The first kappa shape index (κ1) is 12.1. The summed E-state index contributed by atoms with van der Waals surface area (Å²) in [7, 11) is 0. The lowest BCUT2D eigenvalue weighted by molar-refractivity contribution is 0.0692. The van der Waals surface area contributed by atoms with Crippen molar-refractivity contribution in [1.29, 1.82) is 0 Å². The van der Waals surface area contributed by atoms with E-state index in [2.05, 4.69) is 0 Å². The Hall–Kier alpha value is -1.00. The summed E-state index contributed by atoms with van der Waals surface area (Å²) in [5.41, 5.74) is -0.180. The fourth-order valence-electron chi connectivity index (χ4n) is 1.01. The highest BCUT2D eigenvalue weighted by Crippen LogP contribution is 2.32. The number of alkyl halides is 1. The van der Waals surface area contributed by atoms with Crippen molar-refractivity contribution in [2.45, 2.75) is 0 Å². The van der Waals surface area contributed by atoms with Crippen molar-refractivity contribution in [1.82, 2.24) is 0 Å². The van der Waals surface area contributed by atoms with Crippen LogP contribution in [0.15, 0.2) is 12.1 Å². The Labute approximate surface area is 95.4 Å². The fourth-order valence-corrected chi connectivity index (χ4v) is 1.55. The van der Waals surface area contributed by atoms with Gasteiger partial charge in [0.25, 0.3) is 0 Å². The number of ether oxygens (including phenoxy) is 1. The highest BCUT2D eigenvalue weighted by molar-refractivity contribution is 6.36. The topological polar surface area (TPSA) is 46.5 Å². The van der Waals surface area contributed by atoms with Gasteiger partial charge in [0.1, 0.15) is 18.8 Å². The minimum absolute atomic E-state index is 0.0494. The van der Waals surface area contributed by atoms with Gasteiger partial charge < -0.3 is 9.84 Å². The maximum Gasteiger partial charge on any atom is 0.339 e. The van der Waals surface area contributed by atoms with Gasteiger partial charge in [-0.25, -0.2) is 9.18 Å². The van der Waals surface area contributed by atoms with Gasteiger partial charge >= 0.3 is 5.97 Å². The normalized spacial score (nSPS) is 10.1. The summed E-state index contributed by atoms with van der Waals surface area (Å²) in [4.78, 5) is 10.8. The molecule has 0 amide bonds. The van der Waals surface area contributed by atoms with E-state index in [1.807, 2.05) is 0 Å². The number of carboxylic acids is 1. The standard InChI is InChI=1S/C9H7Cl2FO3/c10-5-3-6(9(13)14)8(7(11)4-5)15-2-1-12/h3-4H,1-2H2,(H,13,14). The van der Waals surface area contributed by atoms with Crippen LogP contribution >= 0.6 is 23.2 Å². The van der Waals surface area contributed by atoms with Crippen LogP contribution in [0.5, 0.6) is 5.75 Å². The van der Waals surface area contributed by atoms with E-state index >= 15 is 0 Å².